The molecule has 2 atom stereocenters. The molecule has 3 rings (SSSR count). The van der Waals surface area contributed by atoms with E-state index >= 15 is 0 Å². The molecule has 0 aliphatic carbocycles. The third-order valence-corrected chi connectivity index (χ3v) is 7.66. The molecule has 2 fully saturated rings. The van der Waals surface area contributed by atoms with E-state index in [4.69, 9.17) is 17.0 Å². The van der Waals surface area contributed by atoms with Crippen LogP contribution in [0.2, 0.25) is 0 Å². The van der Waals surface area contributed by atoms with E-state index < -0.39 is 27.8 Å². The molecule has 0 aromatic heterocycles. The first-order valence-corrected chi connectivity index (χ1v) is 11.7. The monoisotopic (exact) mass is 440 g/mol. The first-order chi connectivity index (χ1) is 13.2. The van der Waals surface area contributed by atoms with Gasteiger partial charge in [0.2, 0.25) is 5.91 Å². The van der Waals surface area contributed by atoms with Gasteiger partial charge in [0.05, 0.1) is 23.5 Å². The standard InChI is InChI=1S/C18H20N2O5S3/c1-11(16(21)19-13-6-7-28(23,24)10-13)20-17(22)15(27-18(20)26)9-12-4-3-5-14(8-12)25-2/h3-5,8-9,11,13H,6-7,10H2,1-2H3,(H,19,21). The predicted molar refractivity (Wildman–Crippen MR) is 113 cm³/mol. The van der Waals surface area contributed by atoms with Crippen LogP contribution in [0.25, 0.3) is 6.08 Å². The summed E-state index contributed by atoms with van der Waals surface area (Å²) in [5.74, 6) is -0.0972. The third kappa shape index (κ3) is 4.56. The maximum Gasteiger partial charge on any atom is 0.266 e. The molecule has 2 aliphatic rings. The number of benzene rings is 1. The lowest BCUT2D eigenvalue weighted by molar-refractivity contribution is -0.132. The van der Waals surface area contributed by atoms with E-state index in [9.17, 15) is 18.0 Å². The Bertz CT molecular complexity index is 958. The van der Waals surface area contributed by atoms with Gasteiger partial charge in [-0.3, -0.25) is 14.5 Å². The summed E-state index contributed by atoms with van der Waals surface area (Å²) in [7, 11) is -1.54. The molecule has 28 heavy (non-hydrogen) atoms. The maximum atomic E-state index is 12.8. The molecule has 0 saturated carbocycles. The lowest BCUT2D eigenvalue weighted by Gasteiger charge is -2.23. The molecule has 1 aromatic rings. The van der Waals surface area contributed by atoms with Gasteiger partial charge in [0.15, 0.2) is 9.84 Å². The zero-order chi connectivity index (χ0) is 20.5. The molecular formula is C18H20N2O5S3. The van der Waals surface area contributed by atoms with Crippen LogP contribution in [0.1, 0.15) is 18.9 Å². The Morgan fingerprint density at radius 2 is 2.21 bits per heavy atom. The van der Waals surface area contributed by atoms with Gasteiger partial charge in [-0.2, -0.15) is 0 Å². The van der Waals surface area contributed by atoms with Crippen molar-refractivity contribution in [3.63, 3.8) is 0 Å². The van der Waals surface area contributed by atoms with E-state index in [0.717, 1.165) is 17.3 Å². The molecule has 2 saturated heterocycles. The van der Waals surface area contributed by atoms with Gasteiger partial charge >= 0.3 is 0 Å². The van der Waals surface area contributed by atoms with Crippen LogP contribution in [0.3, 0.4) is 0 Å². The fourth-order valence-electron chi connectivity index (χ4n) is 3.04. The SMILES string of the molecule is COc1cccc(C=C2SC(=S)N(C(C)C(=O)NC3CCS(=O)(=O)C3)C2=O)c1. The summed E-state index contributed by atoms with van der Waals surface area (Å²) in [6, 6.07) is 6.00. The average molecular weight is 441 g/mol. The van der Waals surface area contributed by atoms with Gasteiger partial charge in [0.25, 0.3) is 5.91 Å². The van der Waals surface area contributed by atoms with Crippen LogP contribution >= 0.6 is 24.0 Å². The highest BCUT2D eigenvalue weighted by Gasteiger charge is 2.39. The molecule has 0 spiro atoms. The van der Waals surface area contributed by atoms with Gasteiger partial charge in [-0.05, 0) is 37.1 Å². The number of carbonyl (C=O) groups excluding carboxylic acids is 2. The number of thioether (sulfide) groups is 1. The van der Waals surface area contributed by atoms with Crippen molar-refractivity contribution in [1.29, 1.82) is 0 Å². The number of methoxy groups -OCH3 is 1. The Kier molecular flexibility index (Phi) is 6.11. The van der Waals surface area contributed by atoms with E-state index in [1.807, 2.05) is 12.1 Å². The number of thiocarbonyl (C=S) groups is 1. The average Bonchev–Trinajstić information content (AvgIpc) is 3.12. The van der Waals surface area contributed by atoms with Gasteiger partial charge in [-0.25, -0.2) is 8.42 Å². The van der Waals surface area contributed by atoms with Gasteiger partial charge in [0, 0.05) is 6.04 Å². The van der Waals surface area contributed by atoms with E-state index in [1.54, 1.807) is 32.2 Å². The van der Waals surface area contributed by atoms with E-state index in [0.29, 0.717) is 21.4 Å². The lowest BCUT2D eigenvalue weighted by Crippen LogP contribution is -2.50. The predicted octanol–water partition coefficient (Wildman–Crippen LogP) is 1.59. The molecule has 0 bridgehead atoms. The third-order valence-electron chi connectivity index (χ3n) is 4.56. The minimum atomic E-state index is -3.10. The van der Waals surface area contributed by atoms with Crippen LogP contribution in [0, 0.1) is 0 Å². The van der Waals surface area contributed by atoms with Crippen molar-refractivity contribution in [3.05, 3.63) is 34.7 Å². The van der Waals surface area contributed by atoms with Crippen molar-refractivity contribution in [2.45, 2.75) is 25.4 Å². The van der Waals surface area contributed by atoms with Crippen molar-refractivity contribution in [3.8, 4) is 5.75 Å². The van der Waals surface area contributed by atoms with Gasteiger partial charge in [-0.15, -0.1) is 0 Å². The molecule has 0 radical (unpaired) electrons. The summed E-state index contributed by atoms with van der Waals surface area (Å²) < 4.78 is 28.6. The van der Waals surface area contributed by atoms with Gasteiger partial charge in [0.1, 0.15) is 16.1 Å². The number of amides is 2. The molecule has 1 aromatic carbocycles. The lowest BCUT2D eigenvalue weighted by atomic mass is 10.2. The Hall–Kier alpha value is -1.91. The normalized spacial score (nSPS) is 23.9. The van der Waals surface area contributed by atoms with Gasteiger partial charge < -0.3 is 10.1 Å². The minimum absolute atomic E-state index is 0.0661. The second-order valence-corrected chi connectivity index (χ2v) is 10.5. The van der Waals surface area contributed by atoms with Crippen LogP contribution in [0.15, 0.2) is 29.2 Å². The summed E-state index contributed by atoms with van der Waals surface area (Å²) in [5.41, 5.74) is 0.785. The Morgan fingerprint density at radius 1 is 1.46 bits per heavy atom. The quantitative estimate of drug-likeness (QED) is 0.549. The molecule has 10 heteroatoms. The van der Waals surface area contributed by atoms with Crippen LogP contribution in [0.5, 0.6) is 5.75 Å². The largest absolute Gasteiger partial charge is 0.497 e. The second-order valence-electron chi connectivity index (χ2n) is 6.61. The zero-order valence-electron chi connectivity index (χ0n) is 15.4. The van der Waals surface area contributed by atoms with Gasteiger partial charge in [-0.1, -0.05) is 36.1 Å². The molecule has 2 amide bonds. The summed E-state index contributed by atoms with van der Waals surface area (Å²) in [5, 5.41) is 2.71. The summed E-state index contributed by atoms with van der Waals surface area (Å²) in [6.07, 6.45) is 2.09. The molecule has 7 nitrogen and oxygen atoms in total. The highest BCUT2D eigenvalue weighted by atomic mass is 32.2. The topological polar surface area (TPSA) is 92.8 Å². The second kappa shape index (κ2) is 8.22. The van der Waals surface area contributed by atoms with Crippen LogP contribution in [-0.2, 0) is 19.4 Å². The Labute approximate surface area is 173 Å². The summed E-state index contributed by atoms with van der Waals surface area (Å²) in [4.78, 5) is 27.0. The van der Waals surface area contributed by atoms with E-state index in [1.165, 1.54) is 4.90 Å². The summed E-state index contributed by atoms with van der Waals surface area (Å²) >= 11 is 6.43. The molecule has 2 aliphatic heterocycles. The molecule has 2 heterocycles. The van der Waals surface area contributed by atoms with Crippen molar-refractivity contribution in [1.82, 2.24) is 10.2 Å². The van der Waals surface area contributed by atoms with Crippen molar-refractivity contribution in [2.75, 3.05) is 18.6 Å². The number of carbonyl (C=O) groups is 2. The number of hydrogen-bond donors (Lipinski definition) is 1. The smallest absolute Gasteiger partial charge is 0.266 e. The number of nitrogens with one attached hydrogen (secondary N) is 1. The van der Waals surface area contributed by atoms with Crippen molar-refractivity contribution >= 4 is 56.0 Å². The fraction of sp³-hybridized carbons (Fsp3) is 0.389. The molecule has 1 N–H and O–H groups in total. The molecule has 150 valence electrons. The number of sulfone groups is 1. The van der Waals surface area contributed by atoms with Crippen molar-refractivity contribution < 1.29 is 22.7 Å². The number of rotatable bonds is 5. The van der Waals surface area contributed by atoms with Crippen LogP contribution < -0.4 is 10.1 Å². The first-order valence-electron chi connectivity index (χ1n) is 8.62. The molecular weight excluding hydrogens is 420 g/mol. The first kappa shape index (κ1) is 20.8. The highest BCUT2D eigenvalue weighted by molar-refractivity contribution is 8.26. The summed E-state index contributed by atoms with van der Waals surface area (Å²) in [6.45, 7) is 1.58. The number of ether oxygens (including phenoxy) is 1. The number of nitrogens with zero attached hydrogens (tertiary/aromatic N) is 1. The Balaban J connectivity index is 1.72. The zero-order valence-corrected chi connectivity index (χ0v) is 17.8. The van der Waals surface area contributed by atoms with E-state index in [2.05, 4.69) is 5.32 Å². The minimum Gasteiger partial charge on any atom is -0.497 e. The maximum absolute atomic E-state index is 12.8. The number of hydrogen-bond acceptors (Lipinski definition) is 7. The van der Waals surface area contributed by atoms with E-state index in [-0.39, 0.29) is 17.4 Å². The fourth-order valence-corrected chi connectivity index (χ4v) is 6.14. The highest BCUT2D eigenvalue weighted by Crippen LogP contribution is 2.34. The Morgan fingerprint density at radius 3 is 2.86 bits per heavy atom. The molecule has 2 unspecified atom stereocenters. The van der Waals surface area contributed by atoms with Crippen LogP contribution in [0.4, 0.5) is 0 Å². The van der Waals surface area contributed by atoms with Crippen molar-refractivity contribution in [2.24, 2.45) is 0 Å². The van der Waals surface area contributed by atoms with Crippen LogP contribution in [-0.4, -0.2) is 60.2 Å².